The Labute approximate surface area is 155 Å². The Morgan fingerprint density at radius 1 is 1.24 bits per heavy atom. The first kappa shape index (κ1) is 17.9. The number of aryl methyl sites for hydroxylation is 1. The molecule has 1 unspecified atom stereocenters. The Bertz CT molecular complexity index is 801. The molecule has 5 heteroatoms. The van der Waals surface area contributed by atoms with Crippen LogP contribution in [0.1, 0.15) is 44.4 Å². The van der Waals surface area contributed by atoms with Crippen molar-refractivity contribution in [1.82, 2.24) is 0 Å². The zero-order valence-electron chi connectivity index (χ0n) is 14.6. The van der Waals surface area contributed by atoms with Crippen LogP contribution in [-0.4, -0.2) is 11.7 Å². The molecule has 25 heavy (non-hydrogen) atoms. The summed E-state index contributed by atoms with van der Waals surface area (Å²) >= 11 is 3.48. The monoisotopic (exact) mass is 405 g/mol. The third-order valence-corrected chi connectivity index (χ3v) is 4.62. The molecule has 0 spiro atoms. The highest BCUT2D eigenvalue weighted by Crippen LogP contribution is 2.40. The molecular formula is C20H21BrFNO2. The van der Waals surface area contributed by atoms with E-state index in [-0.39, 0.29) is 11.9 Å². The van der Waals surface area contributed by atoms with Gasteiger partial charge in [-0.25, -0.2) is 9.18 Å². The van der Waals surface area contributed by atoms with Gasteiger partial charge < -0.3 is 4.74 Å². The number of carbonyl (C=O) groups is 1. The van der Waals surface area contributed by atoms with E-state index >= 15 is 0 Å². The summed E-state index contributed by atoms with van der Waals surface area (Å²) in [7, 11) is 0. The highest BCUT2D eigenvalue weighted by Gasteiger charge is 2.35. The van der Waals surface area contributed by atoms with Gasteiger partial charge in [0.25, 0.3) is 0 Å². The van der Waals surface area contributed by atoms with E-state index in [9.17, 15) is 9.18 Å². The highest BCUT2D eigenvalue weighted by molar-refractivity contribution is 9.10. The first-order chi connectivity index (χ1) is 11.7. The Balaban J connectivity index is 2.07. The Morgan fingerprint density at radius 2 is 2.00 bits per heavy atom. The summed E-state index contributed by atoms with van der Waals surface area (Å²) in [6.45, 7) is 5.52. The number of halogens is 2. The predicted octanol–water partition coefficient (Wildman–Crippen LogP) is 6.02. The van der Waals surface area contributed by atoms with Gasteiger partial charge in [0.1, 0.15) is 11.4 Å². The molecular weight excluding hydrogens is 385 g/mol. The van der Waals surface area contributed by atoms with Crippen LogP contribution in [-0.2, 0) is 11.2 Å². The average molecular weight is 406 g/mol. The molecule has 1 amide bonds. The second-order valence-corrected chi connectivity index (χ2v) is 8.15. The van der Waals surface area contributed by atoms with E-state index < -0.39 is 11.7 Å². The maximum absolute atomic E-state index is 13.7. The summed E-state index contributed by atoms with van der Waals surface area (Å²) in [5, 5.41) is 0. The third-order valence-electron chi connectivity index (χ3n) is 4.13. The van der Waals surface area contributed by atoms with Crippen molar-refractivity contribution in [2.75, 3.05) is 4.90 Å². The summed E-state index contributed by atoms with van der Waals surface area (Å²) in [6.07, 6.45) is 1.13. The Kier molecular flexibility index (Phi) is 4.87. The summed E-state index contributed by atoms with van der Waals surface area (Å²) in [5.74, 6) is -0.304. The molecule has 0 fully saturated rings. The van der Waals surface area contributed by atoms with Crippen molar-refractivity contribution in [2.24, 2.45) is 0 Å². The number of benzene rings is 2. The van der Waals surface area contributed by atoms with E-state index in [0.29, 0.717) is 0 Å². The SMILES string of the molecule is CC(C)(C)OC(=O)N1c2cc(Br)ccc2CCC1c1cccc(F)c1. The number of carbonyl (C=O) groups excluding carboxylic acids is 1. The largest absolute Gasteiger partial charge is 0.443 e. The van der Waals surface area contributed by atoms with Gasteiger partial charge in [-0.2, -0.15) is 0 Å². The van der Waals surface area contributed by atoms with Gasteiger partial charge in [-0.3, -0.25) is 4.90 Å². The lowest BCUT2D eigenvalue weighted by atomic mass is 9.91. The standard InChI is InChI=1S/C20H21BrFNO2/c1-20(2,3)25-19(24)23-17(14-5-4-6-16(22)11-14)10-8-13-7-9-15(21)12-18(13)23/h4-7,9,11-12,17H,8,10H2,1-3H3. The van der Waals surface area contributed by atoms with Crippen LogP contribution in [0.2, 0.25) is 0 Å². The van der Waals surface area contributed by atoms with Crippen LogP contribution in [0.15, 0.2) is 46.9 Å². The van der Waals surface area contributed by atoms with E-state index in [1.165, 1.54) is 12.1 Å². The van der Waals surface area contributed by atoms with Crippen molar-refractivity contribution in [3.8, 4) is 0 Å². The van der Waals surface area contributed by atoms with Gasteiger partial charge in [0.2, 0.25) is 0 Å². The second-order valence-electron chi connectivity index (χ2n) is 7.23. The van der Waals surface area contributed by atoms with Crippen LogP contribution in [0, 0.1) is 5.82 Å². The molecule has 0 N–H and O–H groups in total. The van der Waals surface area contributed by atoms with Crippen molar-refractivity contribution in [3.05, 3.63) is 63.9 Å². The van der Waals surface area contributed by atoms with Crippen molar-refractivity contribution in [3.63, 3.8) is 0 Å². The molecule has 2 aromatic carbocycles. The van der Waals surface area contributed by atoms with Gasteiger partial charge in [-0.15, -0.1) is 0 Å². The number of rotatable bonds is 1. The molecule has 0 bridgehead atoms. The van der Waals surface area contributed by atoms with E-state index in [4.69, 9.17) is 4.74 Å². The molecule has 0 radical (unpaired) electrons. The summed E-state index contributed by atoms with van der Waals surface area (Å²) in [5.41, 5.74) is 2.06. The molecule has 3 rings (SSSR count). The summed E-state index contributed by atoms with van der Waals surface area (Å²) < 4.78 is 20.3. The Hall–Kier alpha value is -1.88. The lowest BCUT2D eigenvalue weighted by molar-refractivity contribution is 0.0560. The molecule has 132 valence electrons. The number of ether oxygens (including phenoxy) is 1. The van der Waals surface area contributed by atoms with Crippen molar-refractivity contribution in [2.45, 2.75) is 45.3 Å². The van der Waals surface area contributed by atoms with Crippen molar-refractivity contribution >= 4 is 27.7 Å². The van der Waals surface area contributed by atoms with Crippen LogP contribution >= 0.6 is 15.9 Å². The van der Waals surface area contributed by atoms with Crippen molar-refractivity contribution < 1.29 is 13.9 Å². The number of amides is 1. The Morgan fingerprint density at radius 3 is 2.68 bits per heavy atom. The molecule has 1 aliphatic heterocycles. The van der Waals surface area contributed by atoms with Gasteiger partial charge in [-0.1, -0.05) is 34.1 Å². The van der Waals surface area contributed by atoms with Gasteiger partial charge in [0.15, 0.2) is 0 Å². The molecule has 0 saturated heterocycles. The molecule has 0 saturated carbocycles. The topological polar surface area (TPSA) is 29.5 Å². The van der Waals surface area contributed by atoms with E-state index in [0.717, 1.165) is 34.1 Å². The predicted molar refractivity (Wildman–Crippen MR) is 100 cm³/mol. The zero-order valence-corrected chi connectivity index (χ0v) is 16.1. The third kappa shape index (κ3) is 4.03. The van der Waals surface area contributed by atoms with Crippen molar-refractivity contribution in [1.29, 1.82) is 0 Å². The molecule has 1 heterocycles. The maximum atomic E-state index is 13.7. The van der Waals surface area contributed by atoms with Crippen LogP contribution < -0.4 is 4.90 Å². The first-order valence-electron chi connectivity index (χ1n) is 8.31. The van der Waals surface area contributed by atoms with Crippen LogP contribution in [0.3, 0.4) is 0 Å². The minimum atomic E-state index is -0.604. The second kappa shape index (κ2) is 6.79. The van der Waals surface area contributed by atoms with Gasteiger partial charge in [0, 0.05) is 4.47 Å². The number of fused-ring (bicyclic) bond motifs is 1. The fourth-order valence-corrected chi connectivity index (χ4v) is 3.48. The lowest BCUT2D eigenvalue weighted by Crippen LogP contribution is -2.42. The molecule has 1 atom stereocenters. The quantitative estimate of drug-likeness (QED) is 0.580. The fraction of sp³-hybridized carbons (Fsp3) is 0.350. The van der Waals surface area contributed by atoms with E-state index in [2.05, 4.69) is 15.9 Å². The number of nitrogens with zero attached hydrogens (tertiary/aromatic N) is 1. The molecule has 2 aromatic rings. The first-order valence-corrected chi connectivity index (χ1v) is 9.10. The molecule has 0 aromatic heterocycles. The summed E-state index contributed by atoms with van der Waals surface area (Å²) in [6, 6.07) is 12.1. The van der Waals surface area contributed by atoms with E-state index in [1.807, 2.05) is 45.0 Å². The van der Waals surface area contributed by atoms with Crippen LogP contribution in [0.25, 0.3) is 0 Å². The molecule has 3 nitrogen and oxygen atoms in total. The van der Waals surface area contributed by atoms with E-state index in [1.54, 1.807) is 11.0 Å². The zero-order chi connectivity index (χ0) is 18.2. The normalized spacial score (nSPS) is 17.2. The minimum Gasteiger partial charge on any atom is -0.443 e. The summed E-state index contributed by atoms with van der Waals surface area (Å²) in [4.78, 5) is 14.6. The fourth-order valence-electron chi connectivity index (χ4n) is 3.13. The van der Waals surface area contributed by atoms with Gasteiger partial charge in [0.05, 0.1) is 11.7 Å². The number of hydrogen-bond donors (Lipinski definition) is 0. The molecule has 1 aliphatic rings. The van der Waals surface area contributed by atoms with Crippen LogP contribution in [0.5, 0.6) is 0 Å². The van der Waals surface area contributed by atoms with Gasteiger partial charge in [-0.05, 0) is 69.0 Å². The molecule has 0 aliphatic carbocycles. The smallest absolute Gasteiger partial charge is 0.415 e. The number of anilines is 1. The maximum Gasteiger partial charge on any atom is 0.415 e. The average Bonchev–Trinajstić information content (AvgIpc) is 2.51. The van der Waals surface area contributed by atoms with Gasteiger partial charge >= 0.3 is 6.09 Å². The minimum absolute atomic E-state index is 0.257. The number of hydrogen-bond acceptors (Lipinski definition) is 2. The highest BCUT2D eigenvalue weighted by atomic mass is 79.9. The lowest BCUT2D eigenvalue weighted by Gasteiger charge is -2.38. The van der Waals surface area contributed by atoms with Crippen LogP contribution in [0.4, 0.5) is 14.9 Å².